The SMILES string of the molecule is COc1cnc(N2CCOCC2)c2sc(NC(=O)N(C)CCC3(C)CCN(C)C3=O)nc12. The van der Waals surface area contributed by atoms with E-state index in [4.69, 9.17) is 9.47 Å². The summed E-state index contributed by atoms with van der Waals surface area (Å²) in [5.41, 5.74) is 0.268. The molecular formula is C21H30N6O4S. The number of hydrogen-bond donors (Lipinski definition) is 1. The number of carbonyl (C=O) groups is 2. The van der Waals surface area contributed by atoms with Crippen LogP contribution in [-0.4, -0.2) is 92.3 Å². The highest BCUT2D eigenvalue weighted by molar-refractivity contribution is 7.23. The molecule has 32 heavy (non-hydrogen) atoms. The molecule has 11 heteroatoms. The Morgan fingerprint density at radius 2 is 2.12 bits per heavy atom. The Kier molecular flexibility index (Phi) is 6.38. The first kappa shape index (κ1) is 22.5. The van der Waals surface area contributed by atoms with Crippen LogP contribution in [0.15, 0.2) is 6.20 Å². The predicted octanol–water partition coefficient (Wildman–Crippen LogP) is 2.26. The Morgan fingerprint density at radius 3 is 2.78 bits per heavy atom. The van der Waals surface area contributed by atoms with Gasteiger partial charge in [0.05, 0.1) is 26.5 Å². The highest BCUT2D eigenvalue weighted by Gasteiger charge is 2.40. The summed E-state index contributed by atoms with van der Waals surface area (Å²) in [7, 11) is 5.14. The number of ether oxygens (including phenoxy) is 2. The van der Waals surface area contributed by atoms with Gasteiger partial charge in [-0.1, -0.05) is 18.3 Å². The molecule has 1 atom stereocenters. The second-order valence-electron chi connectivity index (χ2n) is 8.59. The molecule has 3 amide bonds. The van der Waals surface area contributed by atoms with Gasteiger partial charge in [-0.15, -0.1) is 0 Å². The Balaban J connectivity index is 1.47. The number of pyridine rings is 1. The van der Waals surface area contributed by atoms with Crippen LogP contribution in [0.5, 0.6) is 5.75 Å². The lowest BCUT2D eigenvalue weighted by Crippen LogP contribution is -2.37. The van der Waals surface area contributed by atoms with Crippen LogP contribution in [0.25, 0.3) is 10.2 Å². The summed E-state index contributed by atoms with van der Waals surface area (Å²) >= 11 is 1.38. The van der Waals surface area contributed by atoms with Gasteiger partial charge in [0.2, 0.25) is 5.91 Å². The first-order valence-corrected chi connectivity index (χ1v) is 11.6. The van der Waals surface area contributed by atoms with E-state index in [0.717, 1.165) is 36.6 Å². The van der Waals surface area contributed by atoms with Crippen molar-refractivity contribution in [2.45, 2.75) is 19.8 Å². The minimum atomic E-state index is -0.411. The predicted molar refractivity (Wildman–Crippen MR) is 124 cm³/mol. The van der Waals surface area contributed by atoms with Crippen molar-refractivity contribution in [2.24, 2.45) is 5.41 Å². The summed E-state index contributed by atoms with van der Waals surface area (Å²) in [6.07, 6.45) is 3.10. The van der Waals surface area contributed by atoms with Crippen molar-refractivity contribution in [2.75, 3.05) is 70.8 Å². The molecule has 10 nitrogen and oxygen atoms in total. The number of aromatic nitrogens is 2. The maximum atomic E-state index is 12.8. The number of carbonyl (C=O) groups excluding carboxylic acids is 2. The summed E-state index contributed by atoms with van der Waals surface area (Å²) in [5.74, 6) is 1.54. The quantitative estimate of drug-likeness (QED) is 0.703. The normalized spacial score (nSPS) is 21.3. The Labute approximate surface area is 191 Å². The molecular weight excluding hydrogens is 432 g/mol. The number of nitrogens with one attached hydrogen (secondary N) is 1. The molecule has 2 aliphatic rings. The van der Waals surface area contributed by atoms with Crippen molar-refractivity contribution in [3.63, 3.8) is 0 Å². The van der Waals surface area contributed by atoms with Gasteiger partial charge in [-0.05, 0) is 12.8 Å². The number of morpholine rings is 1. The average Bonchev–Trinajstić information content (AvgIpc) is 3.34. The van der Waals surface area contributed by atoms with Crippen molar-refractivity contribution in [3.05, 3.63) is 6.20 Å². The number of rotatable bonds is 6. The van der Waals surface area contributed by atoms with E-state index in [2.05, 4.69) is 20.2 Å². The van der Waals surface area contributed by atoms with Crippen LogP contribution in [-0.2, 0) is 9.53 Å². The number of likely N-dealkylation sites (tertiary alicyclic amines) is 1. The lowest BCUT2D eigenvalue weighted by molar-refractivity contribution is -0.134. The fourth-order valence-corrected chi connectivity index (χ4v) is 5.08. The summed E-state index contributed by atoms with van der Waals surface area (Å²) in [5, 5.41) is 3.38. The molecule has 2 aromatic heterocycles. The largest absolute Gasteiger partial charge is 0.493 e. The maximum absolute atomic E-state index is 12.8. The van der Waals surface area contributed by atoms with Gasteiger partial charge in [-0.3, -0.25) is 10.1 Å². The van der Waals surface area contributed by atoms with Crippen LogP contribution in [0.2, 0.25) is 0 Å². The molecule has 0 aliphatic carbocycles. The number of thiazole rings is 1. The van der Waals surface area contributed by atoms with Crippen LogP contribution < -0.4 is 15.0 Å². The van der Waals surface area contributed by atoms with Gasteiger partial charge in [0, 0.05) is 45.7 Å². The number of amides is 3. The van der Waals surface area contributed by atoms with Crippen LogP contribution in [0.3, 0.4) is 0 Å². The molecule has 174 valence electrons. The van der Waals surface area contributed by atoms with Crippen LogP contribution in [0, 0.1) is 5.41 Å². The fraction of sp³-hybridized carbons (Fsp3) is 0.619. The highest BCUT2D eigenvalue weighted by atomic mass is 32.1. The van der Waals surface area contributed by atoms with Gasteiger partial charge in [-0.2, -0.15) is 0 Å². The van der Waals surface area contributed by atoms with Gasteiger partial charge >= 0.3 is 6.03 Å². The molecule has 1 N–H and O–H groups in total. The maximum Gasteiger partial charge on any atom is 0.323 e. The Hall–Kier alpha value is -2.66. The minimum absolute atomic E-state index is 0.146. The number of urea groups is 1. The summed E-state index contributed by atoms with van der Waals surface area (Å²) in [6.45, 7) is 6.03. The molecule has 2 aromatic rings. The van der Waals surface area contributed by atoms with Gasteiger partial charge in [0.25, 0.3) is 0 Å². The average molecular weight is 463 g/mol. The molecule has 0 radical (unpaired) electrons. The van der Waals surface area contributed by atoms with Crippen LogP contribution >= 0.6 is 11.3 Å². The van der Waals surface area contributed by atoms with Crippen molar-refractivity contribution in [1.29, 1.82) is 0 Å². The van der Waals surface area contributed by atoms with E-state index in [1.165, 1.54) is 11.3 Å². The molecule has 2 saturated heterocycles. The smallest absolute Gasteiger partial charge is 0.323 e. The monoisotopic (exact) mass is 462 g/mol. The number of hydrogen-bond acceptors (Lipinski definition) is 8. The molecule has 0 saturated carbocycles. The zero-order valence-corrected chi connectivity index (χ0v) is 19.8. The van der Waals surface area contributed by atoms with Crippen molar-refractivity contribution in [1.82, 2.24) is 19.8 Å². The minimum Gasteiger partial charge on any atom is -0.493 e. The van der Waals surface area contributed by atoms with Gasteiger partial charge in [0.15, 0.2) is 10.9 Å². The standard InChI is InChI=1S/C21H30N6O4S/c1-21(5-7-25(2)18(21)28)6-8-26(3)20(29)24-19-23-15-14(30-4)13-22-17(16(15)32-19)27-9-11-31-12-10-27/h13H,5-12H2,1-4H3,(H,23,24,29). The van der Waals surface area contributed by atoms with Gasteiger partial charge in [0.1, 0.15) is 16.0 Å². The van der Waals surface area contributed by atoms with E-state index in [-0.39, 0.29) is 11.9 Å². The van der Waals surface area contributed by atoms with Crippen molar-refractivity contribution in [3.8, 4) is 5.75 Å². The molecule has 1 unspecified atom stereocenters. The molecule has 4 heterocycles. The molecule has 0 bridgehead atoms. The van der Waals surface area contributed by atoms with Crippen LogP contribution in [0.1, 0.15) is 19.8 Å². The van der Waals surface area contributed by atoms with E-state index in [1.54, 1.807) is 30.2 Å². The second kappa shape index (κ2) is 9.07. The number of fused-ring (bicyclic) bond motifs is 1. The van der Waals surface area contributed by atoms with E-state index >= 15 is 0 Å². The van der Waals surface area contributed by atoms with E-state index in [1.807, 2.05) is 14.0 Å². The third-order valence-corrected chi connectivity index (χ3v) is 7.29. The van der Waals surface area contributed by atoms with Crippen LogP contribution in [0.4, 0.5) is 15.7 Å². The topological polar surface area (TPSA) is 100 Å². The van der Waals surface area contributed by atoms with Gasteiger partial charge < -0.3 is 24.2 Å². The second-order valence-corrected chi connectivity index (χ2v) is 9.58. The zero-order chi connectivity index (χ0) is 22.9. The molecule has 0 spiro atoms. The van der Waals surface area contributed by atoms with Crippen molar-refractivity contribution < 1.29 is 19.1 Å². The number of nitrogens with zero attached hydrogens (tertiary/aromatic N) is 5. The highest BCUT2D eigenvalue weighted by Crippen LogP contribution is 2.38. The fourth-order valence-electron chi connectivity index (χ4n) is 4.10. The van der Waals surface area contributed by atoms with E-state index in [0.29, 0.717) is 42.6 Å². The summed E-state index contributed by atoms with van der Waals surface area (Å²) in [6, 6.07) is -0.258. The molecule has 4 rings (SSSR count). The first-order valence-electron chi connectivity index (χ1n) is 10.8. The lowest BCUT2D eigenvalue weighted by Gasteiger charge is -2.28. The number of anilines is 2. The van der Waals surface area contributed by atoms with Crippen molar-refractivity contribution >= 4 is 44.4 Å². The lowest BCUT2D eigenvalue weighted by atomic mass is 9.85. The first-order chi connectivity index (χ1) is 15.3. The van der Waals surface area contributed by atoms with Gasteiger partial charge in [-0.25, -0.2) is 14.8 Å². The third-order valence-electron chi connectivity index (χ3n) is 6.32. The van der Waals surface area contributed by atoms with E-state index in [9.17, 15) is 9.59 Å². The number of methoxy groups -OCH3 is 1. The summed E-state index contributed by atoms with van der Waals surface area (Å²) < 4.78 is 11.8. The Morgan fingerprint density at radius 1 is 1.38 bits per heavy atom. The third kappa shape index (κ3) is 4.31. The molecule has 0 aromatic carbocycles. The van der Waals surface area contributed by atoms with E-state index < -0.39 is 5.41 Å². The molecule has 2 fully saturated rings. The summed E-state index contributed by atoms with van der Waals surface area (Å²) in [4.78, 5) is 39.9. The Bertz CT molecular complexity index is 1010. The zero-order valence-electron chi connectivity index (χ0n) is 19.0. The molecule has 2 aliphatic heterocycles.